The van der Waals surface area contributed by atoms with E-state index in [1.165, 1.54) is 43.5 Å². The number of fused-ring (bicyclic) bond motifs is 2. The van der Waals surface area contributed by atoms with Crippen molar-refractivity contribution in [3.63, 3.8) is 0 Å². The highest BCUT2D eigenvalue weighted by Gasteiger charge is 2.40. The van der Waals surface area contributed by atoms with E-state index in [0.717, 1.165) is 4.90 Å². The molecule has 1 aliphatic heterocycles. The maximum absolute atomic E-state index is 13.8. The summed E-state index contributed by atoms with van der Waals surface area (Å²) in [7, 11) is -4.16. The maximum atomic E-state index is 13.8. The fraction of sp³-hybridized carbons (Fsp3) is 0.258. The lowest BCUT2D eigenvalue weighted by atomic mass is 10.0. The number of benzene rings is 3. The molecule has 17 heteroatoms. The van der Waals surface area contributed by atoms with Gasteiger partial charge in [-0.25, -0.2) is 8.42 Å². The second kappa shape index (κ2) is 13.3. The van der Waals surface area contributed by atoms with E-state index in [0.29, 0.717) is 15.6 Å². The Hall–Kier alpha value is -4.38. The Balaban J connectivity index is 1.45. The fourth-order valence-corrected chi connectivity index (χ4v) is 6.77. The summed E-state index contributed by atoms with van der Waals surface area (Å²) >= 11 is 3.30. The Morgan fingerprint density at radius 3 is 2.29 bits per heavy atom. The van der Waals surface area contributed by atoms with Crippen LogP contribution in [0.25, 0.3) is 10.9 Å². The van der Waals surface area contributed by atoms with Crippen LogP contribution in [-0.4, -0.2) is 50.8 Å². The molecular weight excluding hydrogens is 736 g/mol. The molecule has 3 aromatic carbocycles. The van der Waals surface area contributed by atoms with E-state index < -0.39 is 76.8 Å². The molecule has 0 bridgehead atoms. The van der Waals surface area contributed by atoms with Gasteiger partial charge in [-0.05, 0) is 47.9 Å². The summed E-state index contributed by atoms with van der Waals surface area (Å²) in [6.45, 7) is -2.43. The highest BCUT2D eigenvalue weighted by Crippen LogP contribution is 2.46. The summed E-state index contributed by atoms with van der Waals surface area (Å²) in [5, 5.41) is -0.160. The Labute approximate surface area is 278 Å². The van der Waals surface area contributed by atoms with Crippen molar-refractivity contribution in [2.24, 2.45) is 0 Å². The van der Waals surface area contributed by atoms with Crippen LogP contribution in [0.3, 0.4) is 0 Å². The third kappa shape index (κ3) is 8.01. The quantitative estimate of drug-likeness (QED) is 0.183. The molecule has 9 nitrogen and oxygen atoms in total. The van der Waals surface area contributed by atoms with E-state index in [1.54, 1.807) is 24.3 Å². The number of ether oxygens (including phenoxy) is 2. The number of nitrogens with one attached hydrogen (secondary N) is 1. The first-order valence-electron chi connectivity index (χ1n) is 13.9. The van der Waals surface area contributed by atoms with Gasteiger partial charge in [-0.15, -0.1) is 0 Å². The third-order valence-corrected chi connectivity index (χ3v) is 9.12. The monoisotopic (exact) mass is 759 g/mol. The number of hydrogen-bond donors (Lipinski definition) is 1. The van der Waals surface area contributed by atoms with Crippen LogP contribution in [0.4, 0.5) is 32.0 Å². The first-order chi connectivity index (χ1) is 22.4. The number of amides is 2. The number of aryl methyl sites for hydroxylation is 1. The van der Waals surface area contributed by atoms with Gasteiger partial charge >= 0.3 is 12.4 Å². The number of nitrogens with zero attached hydrogens (tertiary/aromatic N) is 2. The number of alkyl halides is 6. The molecule has 2 amide bonds. The number of carbonyl (C=O) groups excluding carboxylic acids is 2. The van der Waals surface area contributed by atoms with Gasteiger partial charge in [-0.3, -0.25) is 19.3 Å². The summed E-state index contributed by atoms with van der Waals surface area (Å²) in [4.78, 5) is 31.4. The van der Waals surface area contributed by atoms with Crippen molar-refractivity contribution in [1.29, 1.82) is 0 Å². The van der Waals surface area contributed by atoms with Crippen LogP contribution < -0.4 is 19.1 Å². The van der Waals surface area contributed by atoms with E-state index >= 15 is 0 Å². The topological polar surface area (TPSA) is 115 Å². The average molecular weight is 761 g/mol. The van der Waals surface area contributed by atoms with E-state index in [-0.39, 0.29) is 34.1 Å². The SMILES string of the molecule is Cc1cc(CS(=O)(=O)NC(=O)Cc2ccccc2Br)ccc1N1Cc2c(c(OCC(F)(F)F)c3cccnc3c2OCC(F)(F)F)C1=O. The Morgan fingerprint density at radius 2 is 1.65 bits per heavy atom. The first-order valence-corrected chi connectivity index (χ1v) is 16.4. The van der Waals surface area contributed by atoms with Crippen molar-refractivity contribution in [1.82, 2.24) is 9.71 Å². The molecule has 1 aliphatic rings. The average Bonchev–Trinajstić information content (AvgIpc) is 3.30. The molecule has 0 unspecified atom stereocenters. The number of carbonyl (C=O) groups is 2. The molecule has 0 fully saturated rings. The first kappa shape index (κ1) is 34.9. The van der Waals surface area contributed by atoms with E-state index in [1.807, 2.05) is 4.72 Å². The zero-order valence-corrected chi connectivity index (χ0v) is 27.1. The van der Waals surface area contributed by atoms with Gasteiger partial charge in [-0.2, -0.15) is 26.3 Å². The van der Waals surface area contributed by atoms with Crippen molar-refractivity contribution >= 4 is 54.4 Å². The van der Waals surface area contributed by atoms with Crippen molar-refractivity contribution < 1.29 is 53.8 Å². The largest absolute Gasteiger partial charge is 0.483 e. The minimum atomic E-state index is -4.81. The molecule has 0 saturated heterocycles. The van der Waals surface area contributed by atoms with Gasteiger partial charge in [0.2, 0.25) is 15.9 Å². The normalized spacial score (nSPS) is 13.5. The van der Waals surface area contributed by atoms with Crippen LogP contribution in [0.15, 0.2) is 65.3 Å². The second-order valence-corrected chi connectivity index (χ2v) is 13.4. The smallest absolute Gasteiger partial charge is 0.422 e. The Kier molecular flexibility index (Phi) is 9.65. The maximum Gasteiger partial charge on any atom is 0.422 e. The number of anilines is 1. The lowest BCUT2D eigenvalue weighted by molar-refractivity contribution is -0.154. The lowest BCUT2D eigenvalue weighted by Crippen LogP contribution is -2.32. The van der Waals surface area contributed by atoms with Gasteiger partial charge in [0.25, 0.3) is 5.91 Å². The molecule has 4 aromatic rings. The second-order valence-electron chi connectivity index (χ2n) is 10.8. The Morgan fingerprint density at radius 1 is 0.979 bits per heavy atom. The summed E-state index contributed by atoms with van der Waals surface area (Å²) in [5.74, 6) is -3.20. The number of aromatic nitrogens is 1. The molecular formula is C31H24BrF6N3O6S. The van der Waals surface area contributed by atoms with Crippen LogP contribution in [-0.2, 0) is 33.5 Å². The van der Waals surface area contributed by atoms with Crippen molar-refractivity contribution in [3.8, 4) is 11.5 Å². The minimum absolute atomic E-state index is 0.160. The predicted octanol–water partition coefficient (Wildman–Crippen LogP) is 6.54. The third-order valence-electron chi connectivity index (χ3n) is 7.09. The molecule has 0 aliphatic carbocycles. The van der Waals surface area contributed by atoms with E-state index in [2.05, 4.69) is 20.9 Å². The molecule has 0 spiro atoms. The number of rotatable bonds is 10. The van der Waals surface area contributed by atoms with Crippen LogP contribution in [0.1, 0.15) is 32.6 Å². The molecule has 0 saturated carbocycles. The van der Waals surface area contributed by atoms with Gasteiger partial charge < -0.3 is 14.4 Å². The van der Waals surface area contributed by atoms with Crippen molar-refractivity contribution in [2.45, 2.75) is 38.0 Å². The van der Waals surface area contributed by atoms with Gasteiger partial charge in [-0.1, -0.05) is 46.3 Å². The molecule has 5 rings (SSSR count). The van der Waals surface area contributed by atoms with Crippen molar-refractivity contribution in [3.05, 3.63) is 93.1 Å². The van der Waals surface area contributed by atoms with E-state index in [4.69, 9.17) is 9.47 Å². The predicted molar refractivity (Wildman–Crippen MR) is 165 cm³/mol. The Bertz CT molecular complexity index is 2020. The highest BCUT2D eigenvalue weighted by atomic mass is 79.9. The molecule has 0 atom stereocenters. The molecule has 2 heterocycles. The number of halogens is 7. The van der Waals surface area contributed by atoms with Crippen LogP contribution in [0, 0.1) is 6.92 Å². The van der Waals surface area contributed by atoms with Crippen LogP contribution in [0.5, 0.6) is 11.5 Å². The fourth-order valence-electron chi connectivity index (χ4n) is 5.24. The molecule has 1 N–H and O–H groups in total. The minimum Gasteiger partial charge on any atom is -0.483 e. The summed E-state index contributed by atoms with van der Waals surface area (Å²) in [6.07, 6.45) is -8.59. The van der Waals surface area contributed by atoms with Gasteiger partial charge in [0.15, 0.2) is 19.0 Å². The zero-order chi connectivity index (χ0) is 35.0. The summed E-state index contributed by atoms with van der Waals surface area (Å²) in [5.41, 5.74) is 0.537. The zero-order valence-electron chi connectivity index (χ0n) is 24.7. The summed E-state index contributed by atoms with van der Waals surface area (Å²) in [6, 6.07) is 13.6. The number of pyridine rings is 1. The van der Waals surface area contributed by atoms with Crippen LogP contribution >= 0.6 is 15.9 Å². The van der Waals surface area contributed by atoms with Crippen molar-refractivity contribution in [2.75, 3.05) is 18.1 Å². The van der Waals surface area contributed by atoms with Crippen LogP contribution in [0.2, 0.25) is 0 Å². The number of hydrogen-bond acceptors (Lipinski definition) is 7. The molecule has 254 valence electrons. The highest BCUT2D eigenvalue weighted by molar-refractivity contribution is 9.10. The summed E-state index contributed by atoms with van der Waals surface area (Å²) < 4.78 is 118. The van der Waals surface area contributed by atoms with Gasteiger partial charge in [0.1, 0.15) is 11.3 Å². The standard InChI is InChI=1S/C31H24BrF6N3O6S/c1-17-11-18(14-48(44,45)40-24(42)12-19-5-2-3-7-22(19)32)8-9-23(17)41-13-21-25(29(41)43)27(46-15-30(33,34)35)20-6-4-10-39-26(20)28(21)47-16-31(36,37)38/h2-11H,12-16H2,1H3,(H,40,42). The molecule has 0 radical (unpaired) electrons. The number of sulfonamides is 1. The van der Waals surface area contributed by atoms with Gasteiger partial charge in [0.05, 0.1) is 24.3 Å². The van der Waals surface area contributed by atoms with E-state index in [9.17, 15) is 44.3 Å². The van der Waals surface area contributed by atoms with Gasteiger partial charge in [0, 0.05) is 27.3 Å². The molecule has 1 aromatic heterocycles. The molecule has 48 heavy (non-hydrogen) atoms. The lowest BCUT2D eigenvalue weighted by Gasteiger charge is -2.19.